The third kappa shape index (κ3) is 26.3. The number of ether oxygens (including phenoxy) is 14. The Balaban J connectivity index is 0.000000174. The maximum atomic E-state index is 12.0. The first-order valence-electron chi connectivity index (χ1n) is 44.3. The summed E-state index contributed by atoms with van der Waals surface area (Å²) in [6.07, 6.45) is -22.9. The van der Waals surface area contributed by atoms with Gasteiger partial charge in [0.25, 0.3) is 0 Å². The van der Waals surface area contributed by atoms with E-state index >= 15 is 0 Å². The van der Waals surface area contributed by atoms with E-state index in [9.17, 15) is 101 Å². The van der Waals surface area contributed by atoms with Gasteiger partial charge in [-0.15, -0.1) is 0 Å². The maximum absolute atomic E-state index is 12.0. The third-order valence-corrected chi connectivity index (χ3v) is 26.6. The Morgan fingerprint density at radius 1 is 0.435 bits per heavy atom. The van der Waals surface area contributed by atoms with Gasteiger partial charge in [0.2, 0.25) is 59.1 Å². The molecule has 0 aromatic carbocycles. The predicted molar refractivity (Wildman–Crippen MR) is 518 cm³/mol. The zero-order chi connectivity index (χ0) is 107. The summed E-state index contributed by atoms with van der Waals surface area (Å²) in [7, 11) is 1.50. The molecule has 3 amide bonds. The number of nitrogens with one attached hydrogen (secondary N) is 1. The van der Waals surface area contributed by atoms with E-state index in [4.69, 9.17) is 99.4 Å². The summed E-state index contributed by atoms with van der Waals surface area (Å²) in [5, 5.41) is 153. The number of nitrogen functional groups attached to an aromatic ring is 5. The Hall–Kier alpha value is -11.7. The van der Waals surface area contributed by atoms with Crippen LogP contribution in [-0.2, 0) is 54.0 Å². The Morgan fingerprint density at radius 3 is 1.02 bits per heavy atom. The molecule has 0 saturated carbocycles. The van der Waals surface area contributed by atoms with Crippen molar-refractivity contribution in [3.63, 3.8) is 0 Å². The highest BCUT2D eigenvalue weighted by Crippen LogP contribution is 2.57. The Bertz CT molecular complexity index is 5760. The van der Waals surface area contributed by atoms with E-state index in [0.29, 0.717) is 68.4 Å². The molecule has 64 heteroatoms. The molecule has 16 heterocycles. The molecule has 26 N–H and O–H groups in total. The average Bonchev–Trinajstić information content (AvgIpc) is 1.62. The van der Waals surface area contributed by atoms with Crippen molar-refractivity contribution >= 4 is 142 Å². The van der Waals surface area contributed by atoms with Gasteiger partial charge in [-0.05, 0) is 54.9 Å². The molecule has 5 fully saturated rings. The highest BCUT2D eigenvalue weighted by molar-refractivity contribution is 8.04. The molecule has 0 radical (unpaired) electrons. The molecule has 16 rings (SSSR count). The molecule has 6 aromatic rings. The Morgan fingerprint density at radius 2 is 0.735 bits per heavy atom. The van der Waals surface area contributed by atoms with E-state index in [-0.39, 0.29) is 161 Å². The fourth-order valence-electron chi connectivity index (χ4n) is 14.8. The molecule has 5 saturated heterocycles. The Labute approximate surface area is 857 Å². The van der Waals surface area contributed by atoms with Crippen LogP contribution in [0.15, 0.2) is 102 Å². The molecule has 0 unspecified atom stereocenters. The summed E-state index contributed by atoms with van der Waals surface area (Å²) in [6, 6.07) is 0. The van der Waals surface area contributed by atoms with Crippen molar-refractivity contribution in [1.29, 1.82) is 0 Å². The molecule has 0 aliphatic carbocycles. The molecule has 0 bridgehead atoms. The fourth-order valence-corrected chi connectivity index (χ4v) is 19.6. The van der Waals surface area contributed by atoms with Crippen LogP contribution < -0.4 is 88.0 Å². The first kappa shape index (κ1) is 116. The number of aliphatic hydroxyl groups excluding tert-OH is 15. The van der Waals surface area contributed by atoms with Gasteiger partial charge in [-0.1, -0.05) is 99.1 Å². The van der Waals surface area contributed by atoms with E-state index < -0.39 is 185 Å². The van der Waals surface area contributed by atoms with Crippen LogP contribution in [0.5, 0.6) is 29.4 Å². The lowest BCUT2D eigenvalue weighted by atomic mass is 10.1. The number of nitrogens with two attached hydrogens (primary N) is 5. The van der Waals surface area contributed by atoms with Crippen molar-refractivity contribution in [3.8, 4) is 29.4 Å². The first-order chi connectivity index (χ1) is 69.4. The number of thioether (sulfide) groups is 5. The maximum Gasteiger partial charge on any atom is 0.518 e. The lowest BCUT2D eigenvalue weighted by Gasteiger charge is -2.27. The number of esters is 1. The molecule has 147 heavy (non-hydrogen) atoms. The van der Waals surface area contributed by atoms with Crippen molar-refractivity contribution in [2.24, 2.45) is 0 Å². The number of amides is 3. The van der Waals surface area contributed by atoms with Crippen molar-refractivity contribution in [2.45, 2.75) is 228 Å². The van der Waals surface area contributed by atoms with Crippen LogP contribution in [0.4, 0.5) is 73.2 Å². The monoisotopic (exact) mass is 2170 g/mol. The number of rotatable bonds is 31. The minimum absolute atomic E-state index is 0. The molecular weight excluding hydrogens is 2060 g/mol. The van der Waals surface area contributed by atoms with Gasteiger partial charge in [-0.3, -0.25) is 44.4 Å². The van der Waals surface area contributed by atoms with E-state index in [1.807, 2.05) is 0 Å². The standard InChI is InChI=1S/C19H28N4O7S.C17H25N5O7S.C16H23N5O7S.C15H21N5O7S.C15H16N4O8S.CH4/c1-9-23(17-13(27)12(26)10(8-24)29-17)15-14(31-9)16(22-18(20)21-15)28-7-5-6-11(25)30-19(2,3)4;1-4-21(17(26)27-5-2)7-28-14-12-13(19-16(18)20-14)22(8(3)30-12)15-11(25)10(24)9(6-23)29-15;1-4-26-16(25)20(3)6-27-13-11-12(18-15(17)19-13)21(7(2)29-11)14-10(24)9(23)8(5-22)28-14;1-3-25-15(24)17-5-26-12-10-11(18-14(16)19-12)20(6(2)28-10)13-9(23)8(22)7(4-21)27-13;1-5-19(13-9(22)8(21)7(2-20)27-13)11-10(28-5)12(18-14(16)17-11)24-3-6-4-25-15(23)26-6;/h10,12-13,17,24,26-27H,1,5-8H2,2-4H3,(H2,20,21,22);9-11,15,23-25H,3-7H2,1-2H3,(H2,18,19,20);8-10,14,22-24H,2,4-6H2,1,3H3,(H2,17,18,19);7-9,13,21-23H,2-5H2,1H3,(H,17,24)(H2,16,18,19);4,7-9,13,20-22H,1-3H2,(H2,16,17,18);1H4/t10-,12-,13-,17-;9-,10-,11-,15-;8-,9-,10-,14-;2*7-,8-,9-,13-;/m11111./s1. The van der Waals surface area contributed by atoms with Gasteiger partial charge < -0.3 is 180 Å². The van der Waals surface area contributed by atoms with Gasteiger partial charge in [0.1, 0.15) is 128 Å². The van der Waals surface area contributed by atoms with Crippen LogP contribution in [0.1, 0.15) is 74.5 Å². The number of aliphatic hydroxyl groups is 15. The molecule has 59 nitrogen and oxygen atoms in total. The van der Waals surface area contributed by atoms with E-state index in [0.717, 1.165) is 41.5 Å². The molecule has 10 aliphatic rings. The molecule has 810 valence electrons. The normalized spacial score (nSPS) is 25.8. The second-order valence-electron chi connectivity index (χ2n) is 32.7. The van der Waals surface area contributed by atoms with Crippen molar-refractivity contribution < 1.29 is 171 Å². The SMILES string of the molecule is C.C=C1Sc2c(OCCCC(=O)OC(C)(C)C)nc(N)nc2N1[C@@H]1O[C@H](CO)[C@@H](O)[C@H]1O.C=C1Sc2c(OCN(C)C(=O)OCC)nc(N)nc2N1[C@@H]1O[C@H](CO)[C@@H](O)[C@H]1O.C=C1Sc2c(OCN(CC)C(=O)OCC)nc(N)nc2N1[C@@H]1O[C@H](CO)[C@@H](O)[C@H]1O.C=C1Sc2c(OCNC(=O)OCC)nc(N)nc2N1[C@@H]1O[C@H](CO)[C@@H](O)[C@H]1O.C=C1Sc2c(OCc3coc(=O)o3)nc(N)nc2N1[C@@H]1O[C@H](CO)[C@@H](O)[C@H]1O. The molecule has 0 spiro atoms. The summed E-state index contributed by atoms with van der Waals surface area (Å²) in [4.78, 5) is 111. The lowest BCUT2D eigenvalue weighted by molar-refractivity contribution is -0.155. The van der Waals surface area contributed by atoms with Gasteiger partial charge in [0, 0.05) is 20.0 Å². The van der Waals surface area contributed by atoms with Crippen LogP contribution in [0.25, 0.3) is 0 Å². The molecule has 6 aromatic heterocycles. The number of nitrogens with zero attached hydrogens (tertiary/aromatic N) is 17. The van der Waals surface area contributed by atoms with Crippen LogP contribution in [0.2, 0.25) is 0 Å². The fraction of sp³-hybridized carbons (Fsp3) is 0.554. The minimum atomic E-state index is -1.32. The van der Waals surface area contributed by atoms with Crippen LogP contribution >= 0.6 is 58.8 Å². The second kappa shape index (κ2) is 50.6. The van der Waals surface area contributed by atoms with E-state index in [2.05, 4.69) is 92.5 Å². The van der Waals surface area contributed by atoms with Gasteiger partial charge in [-0.25, -0.2) is 19.2 Å². The minimum Gasteiger partial charge on any atom is -0.477 e. The quantitative estimate of drug-likeness (QED) is 0.00968. The predicted octanol–water partition coefficient (Wildman–Crippen LogP) is -2.01. The van der Waals surface area contributed by atoms with Gasteiger partial charge in [0.05, 0.1) is 84.6 Å². The topological polar surface area (TPSA) is 838 Å². The van der Waals surface area contributed by atoms with Crippen LogP contribution in [0, 0.1) is 0 Å². The number of fused-ring (bicyclic) bond motifs is 5. The number of hydrogen-bond acceptors (Lipinski definition) is 61. The summed E-state index contributed by atoms with van der Waals surface area (Å²) in [5.74, 6) is 0.535. The Kier molecular flexibility index (Phi) is 39.8. The zero-order valence-electron chi connectivity index (χ0n) is 79.3. The highest BCUT2D eigenvalue weighted by atomic mass is 32.2. The number of alkyl carbamates (subject to hydrolysis) is 1. The van der Waals surface area contributed by atoms with Crippen molar-refractivity contribution in [1.82, 2.24) is 65.0 Å². The van der Waals surface area contributed by atoms with Crippen molar-refractivity contribution in [2.75, 3.05) is 146 Å². The molecule has 20 atom stereocenters. The smallest absolute Gasteiger partial charge is 0.477 e. The van der Waals surface area contributed by atoms with Gasteiger partial charge >= 0.3 is 30.1 Å². The third-order valence-electron chi connectivity index (χ3n) is 21.6. The van der Waals surface area contributed by atoms with E-state index in [1.165, 1.54) is 64.9 Å². The summed E-state index contributed by atoms with van der Waals surface area (Å²) in [6.45, 7) is 30.2. The van der Waals surface area contributed by atoms with Crippen LogP contribution in [-0.4, -0.2) is 382 Å². The van der Waals surface area contributed by atoms with Crippen LogP contribution in [0.3, 0.4) is 0 Å². The zero-order valence-corrected chi connectivity index (χ0v) is 83.4. The number of carbonyl (C=O) groups is 4. The summed E-state index contributed by atoms with van der Waals surface area (Å²) in [5.41, 5.74) is 28.5. The molecular formula is C83H117N23O36S5. The van der Waals surface area contributed by atoms with Gasteiger partial charge in [-0.2, -0.15) is 49.8 Å². The number of carbonyl (C=O) groups excluding carboxylic acids is 4. The van der Waals surface area contributed by atoms with Crippen molar-refractivity contribution in [3.05, 3.63) is 80.7 Å². The first-order valence-corrected chi connectivity index (χ1v) is 48.4. The summed E-state index contributed by atoms with van der Waals surface area (Å²) >= 11 is 5.83. The average molecular weight is 2170 g/mol. The number of anilines is 10. The molecule has 10 aliphatic heterocycles. The number of hydrogen-bond donors (Lipinski definition) is 21. The highest BCUT2D eigenvalue weighted by Gasteiger charge is 2.56. The number of aromatic nitrogens is 10. The largest absolute Gasteiger partial charge is 0.518 e. The van der Waals surface area contributed by atoms with Gasteiger partial charge in [0.15, 0.2) is 92.8 Å². The summed E-state index contributed by atoms with van der Waals surface area (Å²) < 4.78 is 85.2. The lowest BCUT2D eigenvalue weighted by Crippen LogP contribution is -2.42. The second-order valence-corrected chi connectivity index (χ2v) is 38.2. The van der Waals surface area contributed by atoms with E-state index in [1.54, 1.807) is 48.5 Å².